The third-order valence-electron chi connectivity index (χ3n) is 5.54. The molecule has 3 aromatic carbocycles. The quantitative estimate of drug-likeness (QED) is 0.216. The lowest BCUT2D eigenvalue weighted by molar-refractivity contribution is -0.139. The Morgan fingerprint density at radius 1 is 0.794 bits per heavy atom. The third kappa shape index (κ3) is 4.11. The number of esters is 1. The van der Waals surface area contributed by atoms with Gasteiger partial charge in [-0.25, -0.2) is 4.79 Å². The maximum absolute atomic E-state index is 13.0. The number of rotatable bonds is 5. The molecule has 1 saturated heterocycles. The number of ether oxygens (including phenoxy) is 3. The maximum Gasteiger partial charge on any atom is 0.335 e. The molecule has 0 bridgehead atoms. The van der Waals surface area contributed by atoms with E-state index in [0.717, 1.165) is 6.07 Å². The maximum atomic E-state index is 13.0. The Balaban J connectivity index is 1.90. The Hall–Kier alpha value is -4.53. The van der Waals surface area contributed by atoms with Crippen molar-refractivity contribution in [2.75, 3.05) is 14.2 Å². The molecular weight excluding hydrogens is 444 g/mol. The standard InChI is InChI=1S/C25H22O9/c1-32-20-6-12(7-21(33-2)23(20)30)5-17-22(14-8-15(26)11-16(27)9-14)24(34-25(17)31)13-3-4-18(28)19(29)10-13/h3-11,22,24,26-30H,1-2H3/b17-5-/t22-,24+/m0/s1. The van der Waals surface area contributed by atoms with Crippen molar-refractivity contribution in [1.29, 1.82) is 0 Å². The van der Waals surface area contributed by atoms with Gasteiger partial charge in [-0.15, -0.1) is 0 Å². The lowest BCUT2D eigenvalue weighted by atomic mass is 9.84. The molecule has 2 atom stereocenters. The van der Waals surface area contributed by atoms with Gasteiger partial charge in [0.15, 0.2) is 23.0 Å². The van der Waals surface area contributed by atoms with Crippen LogP contribution in [0.5, 0.6) is 40.2 Å². The number of carbonyl (C=O) groups excluding carboxylic acids is 1. The van der Waals surface area contributed by atoms with Crippen LogP contribution in [0.2, 0.25) is 0 Å². The second-order valence-electron chi connectivity index (χ2n) is 7.71. The van der Waals surface area contributed by atoms with Crippen LogP contribution in [0.3, 0.4) is 0 Å². The zero-order chi connectivity index (χ0) is 24.6. The van der Waals surface area contributed by atoms with Gasteiger partial charge < -0.3 is 39.7 Å². The van der Waals surface area contributed by atoms with Crippen LogP contribution in [-0.4, -0.2) is 45.7 Å². The number of methoxy groups -OCH3 is 2. The van der Waals surface area contributed by atoms with Crippen molar-refractivity contribution in [3.8, 4) is 40.2 Å². The molecule has 1 heterocycles. The number of aromatic hydroxyl groups is 5. The van der Waals surface area contributed by atoms with E-state index in [0.29, 0.717) is 16.7 Å². The van der Waals surface area contributed by atoms with Gasteiger partial charge in [0.2, 0.25) is 5.75 Å². The van der Waals surface area contributed by atoms with Crippen molar-refractivity contribution >= 4 is 12.0 Å². The molecule has 9 heteroatoms. The first-order chi connectivity index (χ1) is 16.2. The number of phenols is 5. The molecule has 1 fully saturated rings. The summed E-state index contributed by atoms with van der Waals surface area (Å²) in [5, 5.41) is 50.0. The lowest BCUT2D eigenvalue weighted by Gasteiger charge is -2.20. The molecule has 0 saturated carbocycles. The monoisotopic (exact) mass is 466 g/mol. The van der Waals surface area contributed by atoms with Crippen molar-refractivity contribution in [3.63, 3.8) is 0 Å². The molecule has 0 spiro atoms. The van der Waals surface area contributed by atoms with E-state index in [1.165, 1.54) is 62.8 Å². The first-order valence-corrected chi connectivity index (χ1v) is 10.1. The highest BCUT2D eigenvalue weighted by molar-refractivity contribution is 5.98. The van der Waals surface area contributed by atoms with E-state index in [4.69, 9.17) is 14.2 Å². The second-order valence-corrected chi connectivity index (χ2v) is 7.71. The minimum Gasteiger partial charge on any atom is -0.508 e. The van der Waals surface area contributed by atoms with Gasteiger partial charge in [0, 0.05) is 11.6 Å². The predicted molar refractivity (Wildman–Crippen MR) is 120 cm³/mol. The van der Waals surface area contributed by atoms with Crippen molar-refractivity contribution in [1.82, 2.24) is 0 Å². The van der Waals surface area contributed by atoms with Gasteiger partial charge in [-0.05, 0) is 59.2 Å². The van der Waals surface area contributed by atoms with Crippen LogP contribution in [-0.2, 0) is 9.53 Å². The molecule has 4 rings (SSSR count). The summed E-state index contributed by atoms with van der Waals surface area (Å²) in [4.78, 5) is 13.0. The Morgan fingerprint density at radius 2 is 1.41 bits per heavy atom. The van der Waals surface area contributed by atoms with Gasteiger partial charge >= 0.3 is 5.97 Å². The Kier molecular flexibility index (Phi) is 5.85. The zero-order valence-corrected chi connectivity index (χ0v) is 18.2. The molecule has 0 aliphatic carbocycles. The molecule has 0 aromatic heterocycles. The number of cyclic esters (lactones) is 1. The molecule has 176 valence electrons. The smallest absolute Gasteiger partial charge is 0.335 e. The summed E-state index contributed by atoms with van der Waals surface area (Å²) in [6.07, 6.45) is 0.589. The number of carbonyl (C=O) groups is 1. The summed E-state index contributed by atoms with van der Waals surface area (Å²) in [6, 6.07) is 11.0. The highest BCUT2D eigenvalue weighted by Crippen LogP contribution is 2.49. The van der Waals surface area contributed by atoms with Crippen LogP contribution in [0.1, 0.15) is 28.7 Å². The fourth-order valence-electron chi connectivity index (χ4n) is 4.00. The lowest BCUT2D eigenvalue weighted by Crippen LogP contribution is -2.07. The topological polar surface area (TPSA) is 146 Å². The summed E-state index contributed by atoms with van der Waals surface area (Å²) in [7, 11) is 2.75. The third-order valence-corrected chi connectivity index (χ3v) is 5.54. The molecule has 1 aliphatic heterocycles. The van der Waals surface area contributed by atoms with Crippen molar-refractivity contribution in [2.45, 2.75) is 12.0 Å². The van der Waals surface area contributed by atoms with Gasteiger partial charge in [0.05, 0.1) is 20.1 Å². The first-order valence-electron chi connectivity index (χ1n) is 10.1. The fraction of sp³-hybridized carbons (Fsp3) is 0.160. The van der Waals surface area contributed by atoms with Crippen LogP contribution in [0.15, 0.2) is 54.1 Å². The van der Waals surface area contributed by atoms with E-state index in [9.17, 15) is 30.3 Å². The van der Waals surface area contributed by atoms with E-state index in [-0.39, 0.29) is 40.1 Å². The number of hydrogen-bond donors (Lipinski definition) is 5. The van der Waals surface area contributed by atoms with Gasteiger partial charge in [0.1, 0.15) is 17.6 Å². The van der Waals surface area contributed by atoms with Crippen LogP contribution < -0.4 is 9.47 Å². The zero-order valence-electron chi connectivity index (χ0n) is 18.2. The van der Waals surface area contributed by atoms with Gasteiger partial charge in [-0.3, -0.25) is 0 Å². The molecule has 9 nitrogen and oxygen atoms in total. The molecule has 0 amide bonds. The average Bonchev–Trinajstić information content (AvgIpc) is 3.11. The van der Waals surface area contributed by atoms with Crippen molar-refractivity contribution in [3.05, 3.63) is 70.8 Å². The first kappa shape index (κ1) is 22.7. The summed E-state index contributed by atoms with van der Waals surface area (Å²) in [6.45, 7) is 0. The normalized spacial score (nSPS) is 18.6. The number of phenolic OH excluding ortho intramolecular Hbond substituents is 5. The molecule has 0 unspecified atom stereocenters. The minimum absolute atomic E-state index is 0.129. The summed E-state index contributed by atoms with van der Waals surface area (Å²) in [5.74, 6) is -2.57. The minimum atomic E-state index is -0.938. The van der Waals surface area contributed by atoms with Crippen molar-refractivity contribution < 1.29 is 44.5 Å². The van der Waals surface area contributed by atoms with Crippen LogP contribution in [0.25, 0.3) is 6.08 Å². The molecule has 1 aliphatic rings. The van der Waals surface area contributed by atoms with E-state index in [1.807, 2.05) is 0 Å². The fourth-order valence-corrected chi connectivity index (χ4v) is 4.00. The Labute approximate surface area is 194 Å². The number of benzene rings is 3. The Bertz CT molecular complexity index is 1250. The molecule has 34 heavy (non-hydrogen) atoms. The summed E-state index contributed by atoms with van der Waals surface area (Å²) >= 11 is 0. The number of hydrogen-bond acceptors (Lipinski definition) is 9. The summed E-state index contributed by atoms with van der Waals surface area (Å²) in [5.41, 5.74) is 1.41. The predicted octanol–water partition coefficient (Wildman–Crippen LogP) is 3.70. The molecule has 0 radical (unpaired) electrons. The highest BCUT2D eigenvalue weighted by atomic mass is 16.6. The van der Waals surface area contributed by atoms with E-state index in [2.05, 4.69) is 0 Å². The average molecular weight is 466 g/mol. The summed E-state index contributed by atoms with van der Waals surface area (Å²) < 4.78 is 16.0. The molecule has 5 N–H and O–H groups in total. The van der Waals surface area contributed by atoms with E-state index < -0.39 is 23.7 Å². The molecule has 3 aromatic rings. The largest absolute Gasteiger partial charge is 0.508 e. The van der Waals surface area contributed by atoms with Crippen LogP contribution in [0, 0.1) is 0 Å². The van der Waals surface area contributed by atoms with Crippen LogP contribution >= 0.6 is 0 Å². The Morgan fingerprint density at radius 3 is 1.97 bits per heavy atom. The van der Waals surface area contributed by atoms with Gasteiger partial charge in [-0.1, -0.05) is 6.07 Å². The van der Waals surface area contributed by atoms with Gasteiger partial charge in [-0.2, -0.15) is 0 Å². The van der Waals surface area contributed by atoms with Crippen molar-refractivity contribution in [2.24, 2.45) is 0 Å². The van der Waals surface area contributed by atoms with E-state index in [1.54, 1.807) is 0 Å². The van der Waals surface area contributed by atoms with E-state index >= 15 is 0 Å². The van der Waals surface area contributed by atoms with Crippen LogP contribution in [0.4, 0.5) is 0 Å². The molecular formula is C25H22O9. The van der Waals surface area contributed by atoms with Gasteiger partial charge in [0.25, 0.3) is 0 Å². The second kappa shape index (κ2) is 8.78. The SMILES string of the molecule is COc1cc(/C=C2\C(=O)O[C@H](c3ccc(O)c(O)c3)[C@H]2c2cc(O)cc(O)c2)cc(OC)c1O. The highest BCUT2D eigenvalue weighted by Gasteiger charge is 2.42.